The maximum atomic E-state index is 3.56. The zero-order valence-corrected chi connectivity index (χ0v) is 13.8. The van der Waals surface area contributed by atoms with Crippen LogP contribution in [-0.2, 0) is 6.54 Å². The Morgan fingerprint density at radius 3 is 2.70 bits per heavy atom. The second-order valence-electron chi connectivity index (χ2n) is 7.36. The lowest BCUT2D eigenvalue weighted by molar-refractivity contribution is 0.293. The first kappa shape index (κ1) is 15.4. The van der Waals surface area contributed by atoms with Crippen LogP contribution in [-0.4, -0.2) is 19.1 Å². The van der Waals surface area contributed by atoms with Crippen molar-refractivity contribution in [3.8, 4) is 0 Å². The smallest absolute Gasteiger partial charge is 0.0412 e. The van der Waals surface area contributed by atoms with E-state index in [0.717, 1.165) is 6.54 Å². The number of benzene rings is 1. The number of hydrogen-bond acceptors (Lipinski definition) is 2. The summed E-state index contributed by atoms with van der Waals surface area (Å²) < 4.78 is 0. The van der Waals surface area contributed by atoms with Crippen molar-refractivity contribution in [1.29, 1.82) is 0 Å². The van der Waals surface area contributed by atoms with Gasteiger partial charge in [0.15, 0.2) is 0 Å². The van der Waals surface area contributed by atoms with E-state index in [-0.39, 0.29) is 0 Å². The summed E-state index contributed by atoms with van der Waals surface area (Å²) in [6, 6.07) is 7.43. The molecule has 0 saturated carbocycles. The number of hydrogen-bond donors (Lipinski definition) is 1. The Bertz CT molecular complexity index is 449. The maximum absolute atomic E-state index is 3.56. The lowest BCUT2D eigenvalue weighted by Crippen LogP contribution is -2.40. The zero-order chi connectivity index (χ0) is 14.8. The minimum Gasteiger partial charge on any atom is -0.371 e. The van der Waals surface area contributed by atoms with Gasteiger partial charge in [-0.25, -0.2) is 0 Å². The molecule has 0 atom stereocenters. The van der Waals surface area contributed by atoms with E-state index < -0.39 is 0 Å². The average Bonchev–Trinajstić information content (AvgIpc) is 2.35. The molecule has 0 unspecified atom stereocenters. The molecule has 1 heterocycles. The van der Waals surface area contributed by atoms with Gasteiger partial charge >= 0.3 is 0 Å². The van der Waals surface area contributed by atoms with Gasteiger partial charge in [0, 0.05) is 31.4 Å². The van der Waals surface area contributed by atoms with E-state index in [0.29, 0.717) is 11.5 Å². The zero-order valence-electron chi connectivity index (χ0n) is 13.8. The highest BCUT2D eigenvalue weighted by atomic mass is 15.1. The van der Waals surface area contributed by atoms with Gasteiger partial charge in [-0.15, -0.1) is 0 Å². The highest BCUT2D eigenvalue weighted by Crippen LogP contribution is 2.33. The fourth-order valence-electron chi connectivity index (χ4n) is 3.11. The van der Waals surface area contributed by atoms with Gasteiger partial charge < -0.3 is 10.2 Å². The monoisotopic (exact) mass is 274 g/mol. The number of rotatable bonds is 4. The molecule has 2 rings (SSSR count). The Morgan fingerprint density at radius 2 is 2.05 bits per heavy atom. The van der Waals surface area contributed by atoms with Crippen LogP contribution in [0.25, 0.3) is 0 Å². The summed E-state index contributed by atoms with van der Waals surface area (Å²) in [6.45, 7) is 14.7. The summed E-state index contributed by atoms with van der Waals surface area (Å²) in [5, 5.41) is 3.56. The number of piperidine rings is 1. The molecule has 20 heavy (non-hydrogen) atoms. The molecule has 0 aromatic heterocycles. The minimum absolute atomic E-state index is 0.436. The van der Waals surface area contributed by atoms with Crippen molar-refractivity contribution < 1.29 is 0 Å². The Balaban J connectivity index is 2.21. The van der Waals surface area contributed by atoms with Crippen LogP contribution in [0.15, 0.2) is 18.2 Å². The largest absolute Gasteiger partial charge is 0.371 e. The molecule has 0 bridgehead atoms. The molecule has 1 aliphatic heterocycles. The van der Waals surface area contributed by atoms with Crippen molar-refractivity contribution >= 4 is 5.69 Å². The van der Waals surface area contributed by atoms with Gasteiger partial charge in [-0.2, -0.15) is 0 Å². The lowest BCUT2D eigenvalue weighted by atomic mass is 9.83. The van der Waals surface area contributed by atoms with E-state index in [1.807, 2.05) is 0 Å². The van der Waals surface area contributed by atoms with Gasteiger partial charge in [-0.1, -0.05) is 45.4 Å². The molecule has 1 N–H and O–H groups in total. The predicted octanol–water partition coefficient (Wildman–Crippen LogP) is 4.12. The number of anilines is 1. The first-order chi connectivity index (χ1) is 9.37. The first-order valence-electron chi connectivity index (χ1n) is 7.95. The quantitative estimate of drug-likeness (QED) is 0.888. The highest BCUT2D eigenvalue weighted by Gasteiger charge is 2.27. The van der Waals surface area contributed by atoms with Crippen molar-refractivity contribution in [1.82, 2.24) is 5.32 Å². The maximum Gasteiger partial charge on any atom is 0.0412 e. The fourth-order valence-corrected chi connectivity index (χ4v) is 3.11. The lowest BCUT2D eigenvalue weighted by Gasteiger charge is -2.40. The number of nitrogens with zero attached hydrogens (tertiary/aromatic N) is 1. The van der Waals surface area contributed by atoms with Crippen molar-refractivity contribution in [2.75, 3.05) is 18.0 Å². The van der Waals surface area contributed by atoms with Crippen molar-refractivity contribution in [2.24, 2.45) is 5.41 Å². The van der Waals surface area contributed by atoms with Crippen LogP contribution in [0.1, 0.15) is 51.7 Å². The van der Waals surface area contributed by atoms with E-state index in [1.165, 1.54) is 42.7 Å². The number of nitrogens with one attached hydrogen (secondary N) is 1. The molecule has 1 aromatic rings. The second kappa shape index (κ2) is 6.17. The van der Waals surface area contributed by atoms with Gasteiger partial charge in [-0.05, 0) is 36.8 Å². The molecule has 1 aromatic carbocycles. The molecule has 2 nitrogen and oxygen atoms in total. The molecule has 2 heteroatoms. The van der Waals surface area contributed by atoms with E-state index in [2.05, 4.69) is 63.0 Å². The standard InChI is InChI=1S/C18H30N2/c1-14(2)19-12-16-11-15(3)7-8-17(16)20-10-6-9-18(4,5)13-20/h7-8,11,14,19H,6,9-10,12-13H2,1-5H3. The molecular weight excluding hydrogens is 244 g/mol. The summed E-state index contributed by atoms with van der Waals surface area (Å²) >= 11 is 0. The van der Waals surface area contributed by atoms with Crippen LogP contribution in [0.3, 0.4) is 0 Å². The van der Waals surface area contributed by atoms with Crippen LogP contribution in [0, 0.1) is 12.3 Å². The summed E-state index contributed by atoms with van der Waals surface area (Å²) in [7, 11) is 0. The summed E-state index contributed by atoms with van der Waals surface area (Å²) in [4.78, 5) is 2.58. The van der Waals surface area contributed by atoms with E-state index >= 15 is 0 Å². The Kier molecular flexibility index (Phi) is 4.74. The van der Waals surface area contributed by atoms with Gasteiger partial charge in [0.25, 0.3) is 0 Å². The molecule has 112 valence electrons. The SMILES string of the molecule is Cc1ccc(N2CCCC(C)(C)C2)c(CNC(C)C)c1. The molecular formula is C18H30N2. The molecule has 0 radical (unpaired) electrons. The topological polar surface area (TPSA) is 15.3 Å². The van der Waals surface area contributed by atoms with E-state index in [4.69, 9.17) is 0 Å². The normalized spacial score (nSPS) is 18.6. The van der Waals surface area contributed by atoms with Gasteiger partial charge in [0.2, 0.25) is 0 Å². The fraction of sp³-hybridized carbons (Fsp3) is 0.667. The van der Waals surface area contributed by atoms with Crippen LogP contribution in [0.5, 0.6) is 0 Å². The number of aryl methyl sites for hydroxylation is 1. The van der Waals surface area contributed by atoms with Gasteiger partial charge in [0.05, 0.1) is 0 Å². The molecule has 0 aliphatic carbocycles. The minimum atomic E-state index is 0.436. The van der Waals surface area contributed by atoms with Crippen LogP contribution >= 0.6 is 0 Å². The molecule has 1 fully saturated rings. The second-order valence-corrected chi connectivity index (χ2v) is 7.36. The van der Waals surface area contributed by atoms with Crippen molar-refractivity contribution in [3.63, 3.8) is 0 Å². The van der Waals surface area contributed by atoms with Crippen molar-refractivity contribution in [3.05, 3.63) is 29.3 Å². The summed E-state index contributed by atoms with van der Waals surface area (Å²) in [5.41, 5.74) is 4.66. The van der Waals surface area contributed by atoms with E-state index in [9.17, 15) is 0 Å². The molecule has 1 aliphatic rings. The third-order valence-electron chi connectivity index (χ3n) is 4.18. The third kappa shape index (κ3) is 3.99. The summed E-state index contributed by atoms with van der Waals surface area (Å²) in [6.07, 6.45) is 2.65. The van der Waals surface area contributed by atoms with Crippen molar-refractivity contribution in [2.45, 2.75) is 60.0 Å². The Hall–Kier alpha value is -1.02. The average molecular weight is 274 g/mol. The van der Waals surface area contributed by atoms with E-state index in [1.54, 1.807) is 0 Å². The predicted molar refractivity (Wildman–Crippen MR) is 88.4 cm³/mol. The highest BCUT2D eigenvalue weighted by molar-refractivity contribution is 5.55. The summed E-state index contributed by atoms with van der Waals surface area (Å²) in [5.74, 6) is 0. The Morgan fingerprint density at radius 1 is 1.30 bits per heavy atom. The van der Waals surface area contributed by atoms with Crippen LogP contribution in [0.2, 0.25) is 0 Å². The first-order valence-corrected chi connectivity index (χ1v) is 7.95. The molecule has 1 saturated heterocycles. The van der Waals surface area contributed by atoms with Gasteiger partial charge in [0.1, 0.15) is 0 Å². The van der Waals surface area contributed by atoms with Crippen LogP contribution in [0.4, 0.5) is 5.69 Å². The molecule has 0 amide bonds. The third-order valence-corrected chi connectivity index (χ3v) is 4.18. The Labute approximate surface area is 124 Å². The van der Waals surface area contributed by atoms with Crippen LogP contribution < -0.4 is 10.2 Å². The molecule has 0 spiro atoms. The van der Waals surface area contributed by atoms with Gasteiger partial charge in [-0.3, -0.25) is 0 Å².